The molecule has 0 saturated carbocycles. The normalized spacial score (nSPS) is 16.8. The van der Waals surface area contributed by atoms with Crippen molar-refractivity contribution in [1.82, 2.24) is 5.32 Å². The molecule has 2 unspecified atom stereocenters. The van der Waals surface area contributed by atoms with Gasteiger partial charge in [-0.15, -0.1) is 0 Å². The topological polar surface area (TPSA) is 35.8 Å². The zero-order valence-corrected chi connectivity index (χ0v) is 12.2. The first-order valence-corrected chi connectivity index (χ1v) is 7.22. The zero-order valence-electron chi connectivity index (χ0n) is 11.3. The van der Waals surface area contributed by atoms with Crippen molar-refractivity contribution in [3.05, 3.63) is 0 Å². The van der Waals surface area contributed by atoms with Crippen molar-refractivity contribution < 1.29 is 0 Å². The number of nitrogens with zero attached hydrogens (tertiary/aromatic N) is 1. The molecule has 0 aliphatic carbocycles. The molecule has 0 aromatic heterocycles. The van der Waals surface area contributed by atoms with E-state index < -0.39 is 0 Å². The third kappa shape index (κ3) is 6.40. The fourth-order valence-electron chi connectivity index (χ4n) is 1.28. The summed E-state index contributed by atoms with van der Waals surface area (Å²) in [6.45, 7) is 8.80. The fraction of sp³-hybridized carbons (Fsp3) is 0.923. The molecule has 2 atom stereocenters. The first-order chi connectivity index (χ1) is 7.45. The number of nitriles is 1. The van der Waals surface area contributed by atoms with E-state index >= 15 is 0 Å². The van der Waals surface area contributed by atoms with Gasteiger partial charge in [-0.3, -0.25) is 0 Å². The van der Waals surface area contributed by atoms with E-state index in [9.17, 15) is 0 Å². The molecule has 0 amide bonds. The minimum Gasteiger partial charge on any atom is -0.303 e. The number of hydrogen-bond acceptors (Lipinski definition) is 3. The van der Waals surface area contributed by atoms with E-state index in [0.717, 1.165) is 24.0 Å². The van der Waals surface area contributed by atoms with Gasteiger partial charge in [0.2, 0.25) is 0 Å². The number of thioether (sulfide) groups is 1. The molecule has 0 fully saturated rings. The van der Waals surface area contributed by atoms with Gasteiger partial charge in [0.15, 0.2) is 0 Å². The van der Waals surface area contributed by atoms with Gasteiger partial charge in [0.1, 0.15) is 5.54 Å². The van der Waals surface area contributed by atoms with Gasteiger partial charge in [0.05, 0.1) is 6.07 Å². The standard InChI is InChI=1S/C13H26N2S/c1-11(2)12(3)16-9-7-6-8-13(4,10-14)15-5/h11-12,15H,6-9H2,1-5H3. The highest BCUT2D eigenvalue weighted by atomic mass is 32.2. The smallest absolute Gasteiger partial charge is 0.103 e. The summed E-state index contributed by atoms with van der Waals surface area (Å²) in [5, 5.41) is 12.8. The molecule has 0 radical (unpaired) electrons. The van der Waals surface area contributed by atoms with E-state index in [0.29, 0.717) is 0 Å². The number of rotatable bonds is 8. The Balaban J connectivity index is 3.58. The average Bonchev–Trinajstić information content (AvgIpc) is 2.27. The van der Waals surface area contributed by atoms with Crippen LogP contribution in [-0.4, -0.2) is 23.6 Å². The van der Waals surface area contributed by atoms with Gasteiger partial charge in [-0.05, 0) is 44.9 Å². The van der Waals surface area contributed by atoms with E-state index in [4.69, 9.17) is 5.26 Å². The van der Waals surface area contributed by atoms with Gasteiger partial charge in [0.25, 0.3) is 0 Å². The molecule has 2 nitrogen and oxygen atoms in total. The molecule has 16 heavy (non-hydrogen) atoms. The minimum absolute atomic E-state index is 0.339. The van der Waals surface area contributed by atoms with Crippen molar-refractivity contribution in [3.63, 3.8) is 0 Å². The van der Waals surface area contributed by atoms with Crippen molar-refractivity contribution in [2.45, 2.75) is 57.7 Å². The molecule has 0 spiro atoms. The molecule has 0 rings (SSSR count). The van der Waals surface area contributed by atoms with Crippen LogP contribution in [0.25, 0.3) is 0 Å². The van der Waals surface area contributed by atoms with Gasteiger partial charge < -0.3 is 5.32 Å². The second-order valence-corrected chi connectivity index (χ2v) is 6.46. The highest BCUT2D eigenvalue weighted by Crippen LogP contribution is 2.21. The number of nitrogens with one attached hydrogen (secondary N) is 1. The van der Waals surface area contributed by atoms with Crippen molar-refractivity contribution in [2.24, 2.45) is 5.92 Å². The van der Waals surface area contributed by atoms with Gasteiger partial charge in [-0.25, -0.2) is 0 Å². The summed E-state index contributed by atoms with van der Waals surface area (Å²) in [4.78, 5) is 0. The summed E-state index contributed by atoms with van der Waals surface area (Å²) in [6.07, 6.45) is 3.28. The van der Waals surface area contributed by atoms with Crippen molar-refractivity contribution in [1.29, 1.82) is 5.26 Å². The molecule has 0 bridgehead atoms. The Kier molecular flexibility index (Phi) is 7.87. The Hall–Kier alpha value is -0.200. The zero-order chi connectivity index (χ0) is 12.6. The van der Waals surface area contributed by atoms with Crippen LogP contribution in [0.3, 0.4) is 0 Å². The third-order valence-electron chi connectivity index (χ3n) is 3.19. The average molecular weight is 242 g/mol. The molecule has 1 N–H and O–H groups in total. The van der Waals surface area contributed by atoms with Crippen LogP contribution >= 0.6 is 11.8 Å². The first kappa shape index (κ1) is 15.8. The summed E-state index contributed by atoms with van der Waals surface area (Å²) in [7, 11) is 1.86. The maximum atomic E-state index is 8.99. The number of hydrogen-bond donors (Lipinski definition) is 1. The second-order valence-electron chi connectivity index (χ2n) is 4.97. The first-order valence-electron chi connectivity index (χ1n) is 6.17. The van der Waals surface area contributed by atoms with E-state index in [1.807, 2.05) is 25.7 Å². The largest absolute Gasteiger partial charge is 0.303 e. The summed E-state index contributed by atoms with van der Waals surface area (Å²) in [5.74, 6) is 1.97. The Morgan fingerprint density at radius 2 is 1.94 bits per heavy atom. The Bertz CT molecular complexity index is 222. The summed E-state index contributed by atoms with van der Waals surface area (Å²) in [5.41, 5.74) is -0.339. The molecule has 0 aliphatic heterocycles. The number of unbranched alkanes of at least 4 members (excludes halogenated alkanes) is 1. The van der Waals surface area contributed by atoms with E-state index in [2.05, 4.69) is 32.2 Å². The van der Waals surface area contributed by atoms with Crippen LogP contribution in [0.5, 0.6) is 0 Å². The van der Waals surface area contributed by atoms with Crippen molar-refractivity contribution in [2.75, 3.05) is 12.8 Å². The van der Waals surface area contributed by atoms with Crippen molar-refractivity contribution >= 4 is 11.8 Å². The molecule has 0 aromatic carbocycles. The Labute approximate surface area is 105 Å². The predicted molar refractivity (Wildman–Crippen MR) is 73.7 cm³/mol. The predicted octanol–water partition coefficient (Wildman–Crippen LogP) is 3.44. The summed E-state index contributed by atoms with van der Waals surface area (Å²) < 4.78 is 0. The lowest BCUT2D eigenvalue weighted by atomic mass is 9.97. The Morgan fingerprint density at radius 1 is 1.31 bits per heavy atom. The van der Waals surface area contributed by atoms with Gasteiger partial charge in [-0.1, -0.05) is 20.8 Å². The molecule has 0 aromatic rings. The molecule has 0 heterocycles. The van der Waals surface area contributed by atoms with Crippen LogP contribution in [0, 0.1) is 17.2 Å². The van der Waals surface area contributed by atoms with Crippen LogP contribution < -0.4 is 5.32 Å². The molecule has 94 valence electrons. The highest BCUT2D eigenvalue weighted by molar-refractivity contribution is 7.99. The molecular formula is C13H26N2S. The van der Waals surface area contributed by atoms with Crippen LogP contribution in [0.2, 0.25) is 0 Å². The molecule has 0 saturated heterocycles. The molecule has 0 aliphatic rings. The SMILES string of the molecule is CNC(C)(C#N)CCCCSC(C)C(C)C. The second kappa shape index (κ2) is 7.97. The van der Waals surface area contributed by atoms with Crippen LogP contribution in [0.4, 0.5) is 0 Å². The van der Waals surface area contributed by atoms with E-state index in [1.165, 1.54) is 12.2 Å². The van der Waals surface area contributed by atoms with E-state index in [1.54, 1.807) is 0 Å². The highest BCUT2D eigenvalue weighted by Gasteiger charge is 2.19. The monoisotopic (exact) mass is 242 g/mol. The Morgan fingerprint density at radius 3 is 2.38 bits per heavy atom. The van der Waals surface area contributed by atoms with E-state index in [-0.39, 0.29) is 5.54 Å². The quantitative estimate of drug-likeness (QED) is 0.662. The maximum absolute atomic E-state index is 8.99. The molecule has 3 heteroatoms. The van der Waals surface area contributed by atoms with Gasteiger partial charge >= 0.3 is 0 Å². The molecular weight excluding hydrogens is 216 g/mol. The lowest BCUT2D eigenvalue weighted by Crippen LogP contribution is -2.37. The fourth-order valence-corrected chi connectivity index (χ4v) is 2.41. The van der Waals surface area contributed by atoms with Crippen LogP contribution in [-0.2, 0) is 0 Å². The lowest BCUT2D eigenvalue weighted by molar-refractivity contribution is 0.439. The maximum Gasteiger partial charge on any atom is 0.103 e. The third-order valence-corrected chi connectivity index (χ3v) is 4.78. The van der Waals surface area contributed by atoms with Gasteiger partial charge in [0, 0.05) is 5.25 Å². The van der Waals surface area contributed by atoms with Gasteiger partial charge in [-0.2, -0.15) is 17.0 Å². The van der Waals surface area contributed by atoms with Crippen LogP contribution in [0.15, 0.2) is 0 Å². The lowest BCUT2D eigenvalue weighted by Gasteiger charge is -2.20. The summed E-state index contributed by atoms with van der Waals surface area (Å²) >= 11 is 2.05. The van der Waals surface area contributed by atoms with Crippen LogP contribution in [0.1, 0.15) is 47.0 Å². The minimum atomic E-state index is -0.339. The summed E-state index contributed by atoms with van der Waals surface area (Å²) in [6, 6.07) is 2.33. The van der Waals surface area contributed by atoms with Crippen molar-refractivity contribution in [3.8, 4) is 6.07 Å².